The Balaban J connectivity index is 1.64. The quantitative estimate of drug-likeness (QED) is 0.268. The van der Waals surface area contributed by atoms with Crippen molar-refractivity contribution in [2.24, 2.45) is 11.8 Å². The Morgan fingerprint density at radius 3 is 2.12 bits per heavy atom. The van der Waals surface area contributed by atoms with Gasteiger partial charge < -0.3 is 4.79 Å². The number of nitro groups is 1. The molecule has 162 valence electrons. The molecule has 8 heteroatoms. The van der Waals surface area contributed by atoms with Crippen LogP contribution < -0.4 is 4.90 Å². The van der Waals surface area contributed by atoms with Gasteiger partial charge in [-0.1, -0.05) is 48.5 Å². The summed E-state index contributed by atoms with van der Waals surface area (Å²) < 4.78 is 13.8. The number of nitro benzene ring substituents is 1. The highest BCUT2D eigenvalue weighted by molar-refractivity contribution is 6.25. The van der Waals surface area contributed by atoms with Crippen molar-refractivity contribution < 1.29 is 23.7 Å². The van der Waals surface area contributed by atoms with E-state index in [0.717, 1.165) is 34.4 Å². The monoisotopic (exact) mass is 442 g/mol. The summed E-state index contributed by atoms with van der Waals surface area (Å²) in [5, 5.41) is 11.6. The second kappa shape index (κ2) is 6.41. The van der Waals surface area contributed by atoms with Gasteiger partial charge in [0.2, 0.25) is 11.8 Å². The summed E-state index contributed by atoms with van der Waals surface area (Å²) in [6, 6.07) is 17.2. The van der Waals surface area contributed by atoms with Gasteiger partial charge in [-0.05, 0) is 34.4 Å². The van der Waals surface area contributed by atoms with E-state index >= 15 is 0 Å². The van der Waals surface area contributed by atoms with Crippen molar-refractivity contribution in [3.05, 3.63) is 105 Å². The van der Waals surface area contributed by atoms with E-state index in [1.54, 1.807) is 24.3 Å². The smallest absolute Gasteiger partial charge is 0.296 e. The first kappa shape index (κ1) is 19.5. The molecule has 0 spiro atoms. The molecule has 0 radical (unpaired) electrons. The van der Waals surface area contributed by atoms with Crippen LogP contribution in [0.2, 0.25) is 0 Å². The molecule has 0 aromatic heterocycles. The Morgan fingerprint density at radius 2 is 1.55 bits per heavy atom. The van der Waals surface area contributed by atoms with E-state index in [1.807, 2.05) is 24.3 Å². The molecule has 33 heavy (non-hydrogen) atoms. The van der Waals surface area contributed by atoms with Crippen LogP contribution in [0.4, 0.5) is 15.8 Å². The maximum Gasteiger partial charge on any atom is 0.296 e. The summed E-state index contributed by atoms with van der Waals surface area (Å²) in [5.74, 6) is -4.61. The summed E-state index contributed by atoms with van der Waals surface area (Å²) in [4.78, 5) is 52.0. The number of benzene rings is 3. The summed E-state index contributed by atoms with van der Waals surface area (Å²) in [5.41, 5.74) is 0.547. The van der Waals surface area contributed by atoms with Crippen molar-refractivity contribution in [3.8, 4) is 0 Å². The first-order chi connectivity index (χ1) is 15.9. The molecule has 3 aromatic rings. The molecule has 1 saturated heterocycles. The van der Waals surface area contributed by atoms with E-state index in [1.165, 1.54) is 0 Å². The van der Waals surface area contributed by atoms with Gasteiger partial charge in [0.05, 0.1) is 28.2 Å². The van der Waals surface area contributed by atoms with Crippen LogP contribution in [0.1, 0.15) is 28.2 Å². The first-order valence-electron chi connectivity index (χ1n) is 10.4. The standard InChI is InChI=1S/C25H15FN2O5/c26-13-9-10-18(19(11-13)28(32)33)27-23(30)21-20-14-5-1-3-7-16(14)25(12-29,22(21)24(27)31)17-8-4-2-6-15(17)20/h1-12,20-22H/t20?,21-,22+,25?/m0/s1. The fourth-order valence-corrected chi connectivity index (χ4v) is 6.10. The minimum Gasteiger partial charge on any atom is -0.302 e. The number of nitrogens with zero attached hydrogens (tertiary/aromatic N) is 2. The van der Waals surface area contributed by atoms with E-state index in [4.69, 9.17) is 0 Å². The zero-order chi connectivity index (χ0) is 23.1. The molecule has 0 saturated carbocycles. The van der Waals surface area contributed by atoms with Crippen LogP contribution in [0.25, 0.3) is 0 Å². The van der Waals surface area contributed by atoms with Gasteiger partial charge in [-0.25, -0.2) is 9.29 Å². The van der Waals surface area contributed by atoms with Crippen molar-refractivity contribution >= 4 is 29.5 Å². The van der Waals surface area contributed by atoms with E-state index in [-0.39, 0.29) is 5.69 Å². The molecule has 3 aliphatic carbocycles. The van der Waals surface area contributed by atoms with Gasteiger partial charge in [-0.2, -0.15) is 0 Å². The molecule has 0 N–H and O–H groups in total. The van der Waals surface area contributed by atoms with Crippen LogP contribution in [0.15, 0.2) is 66.7 Å². The Bertz CT molecular complexity index is 1370. The van der Waals surface area contributed by atoms with Crippen molar-refractivity contribution in [1.29, 1.82) is 0 Å². The second-order valence-electron chi connectivity index (χ2n) is 8.54. The Kier molecular flexibility index (Phi) is 3.79. The number of anilines is 1. The molecule has 2 amide bonds. The number of carbonyl (C=O) groups excluding carboxylic acids is 3. The lowest BCUT2D eigenvalue weighted by Crippen LogP contribution is -2.54. The SMILES string of the molecule is O=CC12c3ccccc3C(c3ccccc31)[C@@H]1C(=O)N(c3ccc(F)cc3[N+](=O)[O-])C(=O)[C@@H]12. The third-order valence-corrected chi connectivity index (χ3v) is 7.24. The van der Waals surface area contributed by atoms with Crippen LogP contribution in [0.5, 0.6) is 0 Å². The minimum absolute atomic E-state index is 0.292. The average molecular weight is 442 g/mol. The largest absolute Gasteiger partial charge is 0.302 e. The Morgan fingerprint density at radius 1 is 0.939 bits per heavy atom. The van der Waals surface area contributed by atoms with E-state index in [9.17, 15) is 28.9 Å². The lowest BCUT2D eigenvalue weighted by atomic mass is 9.48. The number of imide groups is 1. The van der Waals surface area contributed by atoms with E-state index in [0.29, 0.717) is 17.2 Å². The molecular weight excluding hydrogens is 427 g/mol. The minimum atomic E-state index is -1.40. The molecule has 4 aliphatic rings. The number of halogens is 1. The van der Waals surface area contributed by atoms with Crippen LogP contribution in [-0.4, -0.2) is 23.0 Å². The van der Waals surface area contributed by atoms with Crippen molar-refractivity contribution in [1.82, 2.24) is 0 Å². The van der Waals surface area contributed by atoms with Gasteiger partial charge in [-0.3, -0.25) is 19.7 Å². The molecule has 7 nitrogen and oxygen atoms in total. The third-order valence-electron chi connectivity index (χ3n) is 7.24. The molecular formula is C25H15FN2O5. The second-order valence-corrected chi connectivity index (χ2v) is 8.54. The normalized spacial score (nSPS) is 26.6. The highest BCUT2D eigenvalue weighted by Crippen LogP contribution is 2.63. The van der Waals surface area contributed by atoms with Gasteiger partial charge in [-0.15, -0.1) is 0 Å². The summed E-state index contributed by atoms with van der Waals surface area (Å²) in [7, 11) is 0. The fourth-order valence-electron chi connectivity index (χ4n) is 6.10. The number of carbonyl (C=O) groups is 3. The Hall–Kier alpha value is -4.20. The zero-order valence-corrected chi connectivity index (χ0v) is 17.0. The average Bonchev–Trinajstić information content (AvgIpc) is 3.10. The van der Waals surface area contributed by atoms with Crippen molar-refractivity contribution in [2.75, 3.05) is 4.90 Å². The van der Waals surface area contributed by atoms with Crippen LogP contribution >= 0.6 is 0 Å². The van der Waals surface area contributed by atoms with Crippen LogP contribution in [0, 0.1) is 27.8 Å². The third kappa shape index (κ3) is 2.20. The van der Waals surface area contributed by atoms with Crippen molar-refractivity contribution in [3.63, 3.8) is 0 Å². The lowest BCUT2D eigenvalue weighted by molar-refractivity contribution is -0.384. The number of aldehydes is 1. The highest BCUT2D eigenvalue weighted by Gasteiger charge is 2.68. The van der Waals surface area contributed by atoms with Gasteiger partial charge in [0.1, 0.15) is 17.8 Å². The summed E-state index contributed by atoms with van der Waals surface area (Å²) in [6.07, 6.45) is 0.728. The molecule has 2 bridgehead atoms. The van der Waals surface area contributed by atoms with Crippen molar-refractivity contribution in [2.45, 2.75) is 11.3 Å². The highest BCUT2D eigenvalue weighted by atomic mass is 19.1. The maximum absolute atomic E-state index is 13.8. The zero-order valence-electron chi connectivity index (χ0n) is 17.0. The van der Waals surface area contributed by atoms with Crippen LogP contribution in [-0.2, 0) is 19.8 Å². The van der Waals surface area contributed by atoms with Gasteiger partial charge >= 0.3 is 0 Å². The molecule has 1 heterocycles. The molecule has 1 aliphatic heterocycles. The number of hydrogen-bond acceptors (Lipinski definition) is 5. The predicted molar refractivity (Wildman–Crippen MR) is 114 cm³/mol. The van der Waals surface area contributed by atoms with Gasteiger partial charge in [0.15, 0.2) is 0 Å². The maximum atomic E-state index is 13.8. The number of hydrogen-bond donors (Lipinski definition) is 0. The number of rotatable bonds is 3. The topological polar surface area (TPSA) is 97.6 Å². The van der Waals surface area contributed by atoms with Gasteiger partial charge in [0, 0.05) is 5.92 Å². The molecule has 7 rings (SSSR count). The lowest BCUT2D eigenvalue weighted by Gasteiger charge is -2.51. The molecule has 0 unspecified atom stereocenters. The Labute approximate surface area is 186 Å². The molecule has 1 fully saturated rings. The molecule has 3 aromatic carbocycles. The summed E-state index contributed by atoms with van der Waals surface area (Å²) >= 11 is 0. The summed E-state index contributed by atoms with van der Waals surface area (Å²) in [6.45, 7) is 0. The number of amides is 2. The van der Waals surface area contributed by atoms with E-state index < -0.39 is 51.4 Å². The molecule has 2 atom stereocenters. The van der Waals surface area contributed by atoms with E-state index in [2.05, 4.69) is 0 Å². The van der Waals surface area contributed by atoms with Gasteiger partial charge in [0.25, 0.3) is 5.69 Å². The fraction of sp³-hybridized carbons (Fsp3) is 0.160. The predicted octanol–water partition coefficient (Wildman–Crippen LogP) is 3.48. The first-order valence-corrected chi connectivity index (χ1v) is 10.4. The van der Waals surface area contributed by atoms with Crippen LogP contribution in [0.3, 0.4) is 0 Å².